The summed E-state index contributed by atoms with van der Waals surface area (Å²) in [6, 6.07) is 13.4. The standard InChI is InChI=1S/C19H21NO4S/c1-2-18(17-8-7-14-5-3-4-6-16(14)13-17)25(23,24)20-11-9-15(10-12-20)19(21)22/h2-8,13,15,18H,1,9-12H2,(H,21,22). The summed E-state index contributed by atoms with van der Waals surface area (Å²) in [7, 11) is -3.62. The van der Waals surface area contributed by atoms with Gasteiger partial charge in [-0.2, -0.15) is 0 Å². The lowest BCUT2D eigenvalue weighted by molar-refractivity contribution is -0.142. The minimum atomic E-state index is -3.62. The van der Waals surface area contributed by atoms with E-state index in [1.165, 1.54) is 10.4 Å². The lowest BCUT2D eigenvalue weighted by atomic mass is 9.99. The fourth-order valence-corrected chi connectivity index (χ4v) is 5.11. The molecule has 2 aromatic carbocycles. The molecule has 0 saturated carbocycles. The molecule has 1 aliphatic rings. The maximum atomic E-state index is 13.0. The van der Waals surface area contributed by atoms with Crippen LogP contribution in [0.5, 0.6) is 0 Å². The number of carbonyl (C=O) groups is 1. The first-order valence-corrected chi connectivity index (χ1v) is 9.77. The van der Waals surface area contributed by atoms with Crippen LogP contribution in [-0.2, 0) is 14.8 Å². The van der Waals surface area contributed by atoms with Crippen molar-refractivity contribution in [2.45, 2.75) is 18.1 Å². The van der Waals surface area contributed by atoms with Crippen molar-refractivity contribution in [2.75, 3.05) is 13.1 Å². The predicted octanol–water partition coefficient (Wildman–Crippen LogP) is 3.19. The first kappa shape index (κ1) is 17.6. The van der Waals surface area contributed by atoms with Crippen molar-refractivity contribution in [1.82, 2.24) is 4.31 Å². The lowest BCUT2D eigenvalue weighted by Crippen LogP contribution is -2.41. The van der Waals surface area contributed by atoms with Crippen molar-refractivity contribution in [3.05, 3.63) is 60.7 Å². The number of aliphatic carboxylic acids is 1. The predicted molar refractivity (Wildman–Crippen MR) is 97.7 cm³/mol. The van der Waals surface area contributed by atoms with Gasteiger partial charge < -0.3 is 5.11 Å². The summed E-state index contributed by atoms with van der Waals surface area (Å²) in [6.45, 7) is 4.19. The van der Waals surface area contributed by atoms with Crippen LogP contribution in [0.3, 0.4) is 0 Å². The van der Waals surface area contributed by atoms with Gasteiger partial charge in [-0.05, 0) is 35.2 Å². The van der Waals surface area contributed by atoms with Gasteiger partial charge in [-0.1, -0.05) is 42.5 Å². The quantitative estimate of drug-likeness (QED) is 0.832. The molecule has 0 aliphatic carbocycles. The molecule has 1 unspecified atom stereocenters. The number of hydrogen-bond acceptors (Lipinski definition) is 3. The Hall–Kier alpha value is -2.18. The molecule has 2 aromatic rings. The van der Waals surface area contributed by atoms with Crippen LogP contribution in [0.25, 0.3) is 10.8 Å². The van der Waals surface area contributed by atoms with Gasteiger partial charge in [0.25, 0.3) is 0 Å². The lowest BCUT2D eigenvalue weighted by Gasteiger charge is -2.31. The SMILES string of the molecule is C=CC(c1ccc2ccccc2c1)S(=O)(=O)N1CCC(C(=O)O)CC1. The van der Waals surface area contributed by atoms with Crippen molar-refractivity contribution in [3.63, 3.8) is 0 Å². The Bertz CT molecular complexity index is 899. The second-order valence-electron chi connectivity index (χ2n) is 6.32. The molecule has 1 heterocycles. The zero-order valence-electron chi connectivity index (χ0n) is 13.8. The Morgan fingerprint density at radius 3 is 2.40 bits per heavy atom. The number of fused-ring (bicyclic) bond motifs is 1. The highest BCUT2D eigenvalue weighted by molar-refractivity contribution is 7.89. The van der Waals surface area contributed by atoms with Gasteiger partial charge in [0.05, 0.1) is 5.92 Å². The smallest absolute Gasteiger partial charge is 0.306 e. The van der Waals surface area contributed by atoms with Crippen molar-refractivity contribution in [2.24, 2.45) is 5.92 Å². The van der Waals surface area contributed by atoms with Crippen molar-refractivity contribution in [3.8, 4) is 0 Å². The molecule has 1 fully saturated rings. The molecule has 3 rings (SSSR count). The number of sulfonamides is 1. The molecule has 1 atom stereocenters. The van der Waals surface area contributed by atoms with E-state index in [2.05, 4.69) is 6.58 Å². The number of nitrogens with zero attached hydrogens (tertiary/aromatic N) is 1. The van der Waals surface area contributed by atoms with Crippen LogP contribution >= 0.6 is 0 Å². The number of carboxylic acids is 1. The average Bonchev–Trinajstić information content (AvgIpc) is 2.62. The largest absolute Gasteiger partial charge is 0.481 e. The number of benzene rings is 2. The molecule has 132 valence electrons. The number of carboxylic acid groups (broad SMARTS) is 1. The molecule has 0 spiro atoms. The van der Waals surface area contributed by atoms with Gasteiger partial charge in [0, 0.05) is 13.1 Å². The van der Waals surface area contributed by atoms with Crippen LogP contribution in [0.1, 0.15) is 23.7 Å². The van der Waals surface area contributed by atoms with E-state index >= 15 is 0 Å². The maximum Gasteiger partial charge on any atom is 0.306 e. The van der Waals surface area contributed by atoms with Crippen molar-refractivity contribution >= 4 is 26.8 Å². The minimum absolute atomic E-state index is 0.233. The Kier molecular flexibility index (Phi) is 4.92. The Balaban J connectivity index is 1.88. The Morgan fingerprint density at radius 2 is 1.80 bits per heavy atom. The van der Waals surface area contributed by atoms with Crippen LogP contribution in [0.4, 0.5) is 0 Å². The fraction of sp³-hybridized carbons (Fsp3) is 0.316. The zero-order chi connectivity index (χ0) is 18.0. The van der Waals surface area contributed by atoms with E-state index in [4.69, 9.17) is 5.11 Å². The molecule has 5 nitrogen and oxygen atoms in total. The molecule has 0 amide bonds. The summed E-state index contributed by atoms with van der Waals surface area (Å²) in [5.41, 5.74) is 0.675. The summed E-state index contributed by atoms with van der Waals surface area (Å²) in [6.07, 6.45) is 2.13. The number of rotatable bonds is 5. The molecule has 6 heteroatoms. The Morgan fingerprint density at radius 1 is 1.16 bits per heavy atom. The molecule has 1 saturated heterocycles. The molecular formula is C19H21NO4S. The molecule has 0 bridgehead atoms. The monoisotopic (exact) mass is 359 g/mol. The van der Waals surface area contributed by atoms with Crippen molar-refractivity contribution in [1.29, 1.82) is 0 Å². The number of hydrogen-bond donors (Lipinski definition) is 1. The second-order valence-corrected chi connectivity index (χ2v) is 8.37. The highest BCUT2D eigenvalue weighted by Gasteiger charge is 2.35. The first-order valence-electron chi connectivity index (χ1n) is 8.26. The third-order valence-electron chi connectivity index (χ3n) is 4.80. The van der Waals surface area contributed by atoms with E-state index < -0.39 is 27.2 Å². The van der Waals surface area contributed by atoms with Crippen LogP contribution < -0.4 is 0 Å². The molecule has 25 heavy (non-hydrogen) atoms. The first-order chi connectivity index (χ1) is 11.9. The van der Waals surface area contributed by atoms with E-state index in [0.717, 1.165) is 10.8 Å². The van der Waals surface area contributed by atoms with Crippen LogP contribution in [0.2, 0.25) is 0 Å². The van der Waals surface area contributed by atoms with E-state index in [9.17, 15) is 13.2 Å². The van der Waals surface area contributed by atoms with E-state index in [-0.39, 0.29) is 13.1 Å². The second kappa shape index (κ2) is 6.98. The van der Waals surface area contributed by atoms with E-state index in [1.54, 1.807) is 0 Å². The van der Waals surface area contributed by atoms with Gasteiger partial charge in [-0.25, -0.2) is 12.7 Å². The molecular weight excluding hydrogens is 338 g/mol. The number of piperidine rings is 1. The van der Waals surface area contributed by atoms with E-state index in [0.29, 0.717) is 18.4 Å². The third-order valence-corrected chi connectivity index (χ3v) is 6.99. The van der Waals surface area contributed by atoms with E-state index in [1.807, 2.05) is 42.5 Å². The van der Waals surface area contributed by atoms with Crippen LogP contribution in [0.15, 0.2) is 55.1 Å². The van der Waals surface area contributed by atoms with Gasteiger partial charge >= 0.3 is 5.97 Å². The third kappa shape index (κ3) is 3.45. The average molecular weight is 359 g/mol. The minimum Gasteiger partial charge on any atom is -0.481 e. The highest BCUT2D eigenvalue weighted by atomic mass is 32.2. The molecule has 0 radical (unpaired) electrons. The van der Waals surface area contributed by atoms with Crippen molar-refractivity contribution < 1.29 is 18.3 Å². The summed E-state index contributed by atoms with van der Waals surface area (Å²) < 4.78 is 27.5. The normalized spacial score (nSPS) is 18.1. The molecule has 0 aromatic heterocycles. The molecule has 1 aliphatic heterocycles. The summed E-state index contributed by atoms with van der Waals surface area (Å²) in [4.78, 5) is 11.1. The van der Waals surface area contributed by atoms with Gasteiger partial charge in [-0.3, -0.25) is 4.79 Å². The van der Waals surface area contributed by atoms with Gasteiger partial charge in [0.2, 0.25) is 10.0 Å². The summed E-state index contributed by atoms with van der Waals surface area (Å²) >= 11 is 0. The van der Waals surface area contributed by atoms with Gasteiger partial charge in [0.15, 0.2) is 0 Å². The fourth-order valence-electron chi connectivity index (χ4n) is 3.33. The highest BCUT2D eigenvalue weighted by Crippen LogP contribution is 2.31. The Labute approximate surface area is 147 Å². The topological polar surface area (TPSA) is 74.7 Å². The van der Waals surface area contributed by atoms with Gasteiger partial charge in [0.1, 0.15) is 5.25 Å². The maximum absolute atomic E-state index is 13.0. The molecule has 1 N–H and O–H groups in total. The van der Waals surface area contributed by atoms with Gasteiger partial charge in [-0.15, -0.1) is 6.58 Å². The van der Waals surface area contributed by atoms with Crippen LogP contribution in [0, 0.1) is 5.92 Å². The summed E-state index contributed by atoms with van der Waals surface area (Å²) in [5.74, 6) is -1.32. The summed E-state index contributed by atoms with van der Waals surface area (Å²) in [5, 5.41) is 10.3. The zero-order valence-corrected chi connectivity index (χ0v) is 14.7. The van der Waals surface area contributed by atoms with Crippen LogP contribution in [-0.4, -0.2) is 36.9 Å².